The van der Waals surface area contributed by atoms with Gasteiger partial charge in [0.2, 0.25) is 5.88 Å². The topological polar surface area (TPSA) is 51.7 Å². The normalized spacial score (nSPS) is 19.0. The molecule has 2 heterocycles. The summed E-state index contributed by atoms with van der Waals surface area (Å²) >= 11 is 3.46. The molecule has 1 aliphatic rings. The third-order valence-corrected chi connectivity index (χ3v) is 4.13. The van der Waals surface area contributed by atoms with Crippen molar-refractivity contribution in [2.45, 2.75) is 45.1 Å². The van der Waals surface area contributed by atoms with E-state index in [9.17, 15) is 4.79 Å². The fourth-order valence-electron chi connectivity index (χ4n) is 2.56. The zero-order chi connectivity index (χ0) is 16.3. The Morgan fingerprint density at radius 3 is 2.77 bits per heavy atom. The molecule has 0 aliphatic carbocycles. The molecule has 1 amide bonds. The van der Waals surface area contributed by atoms with Crippen molar-refractivity contribution in [2.24, 2.45) is 0 Å². The fourth-order valence-corrected chi connectivity index (χ4v) is 3.08. The quantitative estimate of drug-likeness (QED) is 0.790. The van der Waals surface area contributed by atoms with Crippen molar-refractivity contribution >= 4 is 22.0 Å². The van der Waals surface area contributed by atoms with Crippen molar-refractivity contribution in [1.82, 2.24) is 9.88 Å². The number of amides is 1. The number of hydrogen-bond donors (Lipinski definition) is 0. The molecule has 22 heavy (non-hydrogen) atoms. The van der Waals surface area contributed by atoms with Gasteiger partial charge in [0, 0.05) is 25.2 Å². The number of piperidine rings is 1. The van der Waals surface area contributed by atoms with Crippen LogP contribution in [-0.2, 0) is 4.74 Å². The van der Waals surface area contributed by atoms with Gasteiger partial charge in [-0.1, -0.05) is 0 Å². The van der Waals surface area contributed by atoms with Gasteiger partial charge >= 0.3 is 6.09 Å². The van der Waals surface area contributed by atoms with E-state index in [1.807, 2.05) is 33.0 Å². The van der Waals surface area contributed by atoms with E-state index >= 15 is 0 Å². The van der Waals surface area contributed by atoms with Crippen molar-refractivity contribution in [3.05, 3.63) is 22.3 Å². The van der Waals surface area contributed by atoms with Crippen LogP contribution in [0.4, 0.5) is 4.79 Å². The van der Waals surface area contributed by atoms with Crippen LogP contribution < -0.4 is 4.74 Å². The van der Waals surface area contributed by atoms with E-state index in [2.05, 4.69) is 20.9 Å². The first kappa shape index (κ1) is 17.1. The average Bonchev–Trinajstić information content (AvgIpc) is 2.45. The predicted octanol–water partition coefficient (Wildman–Crippen LogP) is 3.97. The number of rotatable bonds is 2. The van der Waals surface area contributed by atoms with Gasteiger partial charge in [0.1, 0.15) is 5.60 Å². The molecule has 0 bridgehead atoms. The van der Waals surface area contributed by atoms with E-state index < -0.39 is 5.60 Å². The Bertz CT molecular complexity index is 543. The summed E-state index contributed by atoms with van der Waals surface area (Å²) in [5, 5.41) is 0. The first-order valence-corrected chi connectivity index (χ1v) is 8.27. The maximum Gasteiger partial charge on any atom is 0.410 e. The lowest BCUT2D eigenvalue weighted by Crippen LogP contribution is -2.42. The molecular weight excluding hydrogens is 348 g/mol. The van der Waals surface area contributed by atoms with E-state index in [-0.39, 0.29) is 12.0 Å². The predicted molar refractivity (Wildman–Crippen MR) is 88.3 cm³/mol. The number of hydrogen-bond acceptors (Lipinski definition) is 4. The molecule has 2 rings (SSSR count). The number of ether oxygens (including phenoxy) is 2. The second kappa shape index (κ2) is 6.86. The molecule has 1 atom stereocenters. The fraction of sp³-hybridized carbons (Fsp3) is 0.625. The van der Waals surface area contributed by atoms with Crippen LogP contribution in [0.25, 0.3) is 0 Å². The van der Waals surface area contributed by atoms with E-state index in [4.69, 9.17) is 9.47 Å². The van der Waals surface area contributed by atoms with Crippen LogP contribution in [0, 0.1) is 0 Å². The molecule has 5 nitrogen and oxygen atoms in total. The number of likely N-dealkylation sites (tertiary alicyclic amines) is 1. The summed E-state index contributed by atoms with van der Waals surface area (Å²) in [7, 11) is 1.59. The Morgan fingerprint density at radius 1 is 1.45 bits per heavy atom. The number of aromatic nitrogens is 1. The van der Waals surface area contributed by atoms with Crippen molar-refractivity contribution in [3.8, 4) is 5.88 Å². The lowest BCUT2D eigenvalue weighted by atomic mass is 9.92. The molecule has 1 saturated heterocycles. The number of pyridine rings is 1. The summed E-state index contributed by atoms with van der Waals surface area (Å²) < 4.78 is 11.5. The van der Waals surface area contributed by atoms with Gasteiger partial charge in [-0.05, 0) is 61.2 Å². The smallest absolute Gasteiger partial charge is 0.410 e. The lowest BCUT2D eigenvalue weighted by molar-refractivity contribution is 0.0198. The highest BCUT2D eigenvalue weighted by molar-refractivity contribution is 9.10. The zero-order valence-corrected chi connectivity index (χ0v) is 15.1. The first-order valence-electron chi connectivity index (χ1n) is 7.47. The van der Waals surface area contributed by atoms with Gasteiger partial charge in [-0.2, -0.15) is 0 Å². The second-order valence-electron chi connectivity index (χ2n) is 6.53. The molecule has 1 aromatic heterocycles. The molecule has 6 heteroatoms. The molecular formula is C16H23BrN2O3. The number of carbonyl (C=O) groups is 1. The molecule has 1 fully saturated rings. The van der Waals surface area contributed by atoms with Gasteiger partial charge < -0.3 is 14.4 Å². The number of nitrogens with zero attached hydrogens (tertiary/aromatic N) is 2. The molecule has 0 saturated carbocycles. The minimum absolute atomic E-state index is 0.238. The summed E-state index contributed by atoms with van der Waals surface area (Å²) in [6.45, 7) is 7.07. The van der Waals surface area contributed by atoms with E-state index in [1.165, 1.54) is 0 Å². The monoisotopic (exact) mass is 370 g/mol. The molecule has 0 unspecified atom stereocenters. The lowest BCUT2D eigenvalue weighted by Gasteiger charge is -2.34. The summed E-state index contributed by atoms with van der Waals surface area (Å²) in [5.74, 6) is 0.847. The Balaban J connectivity index is 2.07. The van der Waals surface area contributed by atoms with E-state index in [0.717, 1.165) is 29.4 Å². The average molecular weight is 371 g/mol. The van der Waals surface area contributed by atoms with Crippen molar-refractivity contribution in [2.75, 3.05) is 20.2 Å². The summed E-state index contributed by atoms with van der Waals surface area (Å²) in [6.07, 6.45) is 3.60. The molecule has 0 N–H and O–H groups in total. The van der Waals surface area contributed by atoms with Crippen molar-refractivity contribution in [3.63, 3.8) is 0 Å². The maximum atomic E-state index is 12.2. The minimum atomic E-state index is -0.464. The second-order valence-corrected chi connectivity index (χ2v) is 7.38. The third kappa shape index (κ3) is 4.35. The van der Waals surface area contributed by atoms with Crippen LogP contribution in [0.2, 0.25) is 0 Å². The van der Waals surface area contributed by atoms with Crippen LogP contribution >= 0.6 is 15.9 Å². The summed E-state index contributed by atoms with van der Waals surface area (Å²) in [4.78, 5) is 18.3. The molecule has 1 aliphatic heterocycles. The molecule has 1 aromatic rings. The van der Waals surface area contributed by atoms with Crippen LogP contribution in [-0.4, -0.2) is 41.8 Å². The molecule has 0 aromatic carbocycles. The number of carbonyl (C=O) groups excluding carboxylic acids is 1. The Hall–Kier alpha value is -1.30. The van der Waals surface area contributed by atoms with E-state index in [1.54, 1.807) is 12.0 Å². The zero-order valence-electron chi connectivity index (χ0n) is 13.6. The SMILES string of the molecule is COc1ncc([C@@H]2CCCN(C(=O)OC(C)(C)C)C2)cc1Br. The number of halogens is 1. The van der Waals surface area contributed by atoms with Crippen LogP contribution in [0.1, 0.15) is 45.1 Å². The maximum absolute atomic E-state index is 12.2. The Kier molecular flexibility index (Phi) is 5.32. The highest BCUT2D eigenvalue weighted by Gasteiger charge is 2.28. The Morgan fingerprint density at radius 2 is 2.18 bits per heavy atom. The van der Waals surface area contributed by atoms with Gasteiger partial charge in [0.25, 0.3) is 0 Å². The summed E-state index contributed by atoms with van der Waals surface area (Å²) in [5.41, 5.74) is 0.648. The molecule has 122 valence electrons. The van der Waals surface area contributed by atoms with Gasteiger partial charge in [-0.25, -0.2) is 9.78 Å². The summed E-state index contributed by atoms with van der Waals surface area (Å²) in [6, 6.07) is 2.02. The van der Waals surface area contributed by atoms with Crippen LogP contribution in [0.15, 0.2) is 16.7 Å². The van der Waals surface area contributed by atoms with Gasteiger partial charge in [-0.15, -0.1) is 0 Å². The molecule has 0 spiro atoms. The van der Waals surface area contributed by atoms with Gasteiger partial charge in [0.05, 0.1) is 11.6 Å². The standard InChI is InChI=1S/C16H23BrN2O3/c1-16(2,3)22-15(20)19-7-5-6-11(10-19)12-8-13(17)14(21-4)18-9-12/h8-9,11H,5-7,10H2,1-4H3/t11-/m1/s1. The van der Waals surface area contributed by atoms with E-state index in [0.29, 0.717) is 12.4 Å². The third-order valence-electron chi connectivity index (χ3n) is 3.57. The van der Waals surface area contributed by atoms with Crippen LogP contribution in [0.5, 0.6) is 5.88 Å². The van der Waals surface area contributed by atoms with Gasteiger partial charge in [0.15, 0.2) is 0 Å². The number of methoxy groups -OCH3 is 1. The largest absolute Gasteiger partial charge is 0.480 e. The molecule has 0 radical (unpaired) electrons. The minimum Gasteiger partial charge on any atom is -0.480 e. The van der Waals surface area contributed by atoms with Crippen LogP contribution in [0.3, 0.4) is 0 Å². The Labute approximate surface area is 140 Å². The highest BCUT2D eigenvalue weighted by Crippen LogP contribution is 2.31. The van der Waals surface area contributed by atoms with Crippen molar-refractivity contribution < 1.29 is 14.3 Å². The highest BCUT2D eigenvalue weighted by atomic mass is 79.9. The first-order chi connectivity index (χ1) is 10.3. The van der Waals surface area contributed by atoms with Crippen molar-refractivity contribution in [1.29, 1.82) is 0 Å². The van der Waals surface area contributed by atoms with Gasteiger partial charge in [-0.3, -0.25) is 0 Å².